The first-order valence-electron chi connectivity index (χ1n) is 4.02. The molecule has 0 radical (unpaired) electrons. The van der Waals surface area contributed by atoms with Crippen LogP contribution in [0.15, 0.2) is 17.1 Å². The summed E-state index contributed by atoms with van der Waals surface area (Å²) < 4.78 is 23.3. The van der Waals surface area contributed by atoms with Gasteiger partial charge in [0.05, 0.1) is 5.02 Å². The maximum absolute atomic E-state index is 13.3. The predicted octanol–water partition coefficient (Wildman–Crippen LogP) is 2.37. The fraction of sp³-hybridized carbons (Fsp3) is 0.222. The van der Waals surface area contributed by atoms with Gasteiger partial charge in [0.2, 0.25) is 19.2 Å². The van der Waals surface area contributed by atoms with Crippen molar-refractivity contribution in [2.45, 2.75) is 6.30 Å². The molecule has 0 saturated heterocycles. The number of nitrogens with zero attached hydrogens (tertiary/aromatic N) is 1. The highest BCUT2D eigenvalue weighted by Crippen LogP contribution is 2.39. The lowest BCUT2D eigenvalue weighted by Crippen LogP contribution is -1.93. The third kappa shape index (κ3) is 1.79. The SMILES string of the molecule is O=C=NC(F)c1cc2c(cc1Cl)OCO2. The molecule has 2 rings (SSSR count). The molecule has 78 valence electrons. The monoisotopic (exact) mass is 229 g/mol. The Morgan fingerprint density at radius 2 is 2.13 bits per heavy atom. The van der Waals surface area contributed by atoms with Crippen LogP contribution >= 0.6 is 11.6 Å². The Hall–Kier alpha value is -1.58. The summed E-state index contributed by atoms with van der Waals surface area (Å²) in [6.45, 7) is 0.0724. The number of rotatable bonds is 2. The molecular weight excluding hydrogens is 225 g/mol. The number of benzene rings is 1. The Morgan fingerprint density at radius 1 is 1.47 bits per heavy atom. The van der Waals surface area contributed by atoms with Gasteiger partial charge < -0.3 is 9.47 Å². The van der Waals surface area contributed by atoms with Gasteiger partial charge in [0.1, 0.15) is 0 Å². The highest BCUT2D eigenvalue weighted by atomic mass is 35.5. The van der Waals surface area contributed by atoms with Crippen molar-refractivity contribution in [3.8, 4) is 11.5 Å². The first-order valence-corrected chi connectivity index (χ1v) is 4.40. The fourth-order valence-electron chi connectivity index (χ4n) is 1.23. The van der Waals surface area contributed by atoms with Crippen molar-refractivity contribution in [1.82, 2.24) is 0 Å². The summed E-state index contributed by atoms with van der Waals surface area (Å²) in [6, 6.07) is 2.78. The lowest BCUT2D eigenvalue weighted by atomic mass is 10.2. The zero-order valence-corrected chi connectivity index (χ0v) is 8.12. The van der Waals surface area contributed by atoms with Crippen LogP contribution in [0.25, 0.3) is 0 Å². The van der Waals surface area contributed by atoms with Crippen molar-refractivity contribution in [2.75, 3.05) is 6.79 Å². The molecule has 1 heterocycles. The molecule has 4 nitrogen and oxygen atoms in total. The normalized spacial score (nSPS) is 14.5. The molecule has 0 saturated carbocycles. The van der Waals surface area contributed by atoms with Crippen LogP contribution in [-0.2, 0) is 4.79 Å². The van der Waals surface area contributed by atoms with E-state index in [0.717, 1.165) is 6.08 Å². The van der Waals surface area contributed by atoms with Crippen LogP contribution in [-0.4, -0.2) is 12.9 Å². The Morgan fingerprint density at radius 3 is 2.80 bits per heavy atom. The largest absolute Gasteiger partial charge is 0.454 e. The zero-order chi connectivity index (χ0) is 10.8. The number of hydrogen-bond donors (Lipinski definition) is 0. The third-order valence-electron chi connectivity index (χ3n) is 1.91. The van der Waals surface area contributed by atoms with Gasteiger partial charge in [-0.25, -0.2) is 9.18 Å². The van der Waals surface area contributed by atoms with Crippen molar-refractivity contribution in [3.05, 3.63) is 22.7 Å². The minimum Gasteiger partial charge on any atom is -0.454 e. The van der Waals surface area contributed by atoms with Crippen LogP contribution in [0, 0.1) is 0 Å². The summed E-state index contributed by atoms with van der Waals surface area (Å²) in [5, 5.41) is 0.130. The van der Waals surface area contributed by atoms with Crippen LogP contribution in [0.4, 0.5) is 4.39 Å². The van der Waals surface area contributed by atoms with Crippen molar-refractivity contribution < 1.29 is 18.7 Å². The minimum absolute atomic E-state index is 0.0595. The van der Waals surface area contributed by atoms with Gasteiger partial charge in [-0.1, -0.05) is 11.6 Å². The van der Waals surface area contributed by atoms with E-state index in [-0.39, 0.29) is 17.4 Å². The van der Waals surface area contributed by atoms with E-state index in [0.29, 0.717) is 11.5 Å². The van der Waals surface area contributed by atoms with Gasteiger partial charge in [0.25, 0.3) is 0 Å². The van der Waals surface area contributed by atoms with Gasteiger partial charge in [-0.3, -0.25) is 0 Å². The Bertz CT molecular complexity index is 445. The Labute approximate surface area is 89.3 Å². The van der Waals surface area contributed by atoms with E-state index < -0.39 is 6.30 Å². The molecule has 6 heteroatoms. The van der Waals surface area contributed by atoms with Gasteiger partial charge in [0, 0.05) is 11.6 Å². The van der Waals surface area contributed by atoms with E-state index in [1.165, 1.54) is 12.1 Å². The van der Waals surface area contributed by atoms with Crippen LogP contribution in [0.5, 0.6) is 11.5 Å². The second-order valence-corrected chi connectivity index (χ2v) is 3.19. The number of ether oxygens (including phenoxy) is 2. The van der Waals surface area contributed by atoms with E-state index in [4.69, 9.17) is 21.1 Å². The molecule has 1 atom stereocenters. The zero-order valence-electron chi connectivity index (χ0n) is 7.37. The lowest BCUT2D eigenvalue weighted by Gasteiger charge is -2.05. The highest BCUT2D eigenvalue weighted by Gasteiger charge is 2.20. The number of aliphatic imine (C=N–C) groups is 1. The molecule has 0 fully saturated rings. The van der Waals surface area contributed by atoms with Crippen molar-refractivity contribution in [1.29, 1.82) is 0 Å². The van der Waals surface area contributed by atoms with Crippen LogP contribution < -0.4 is 9.47 Å². The standard InChI is InChI=1S/C9H5ClFNO3/c10-6-2-8-7(14-4-15-8)1-5(6)9(11)12-3-13/h1-2,9H,4H2. The van der Waals surface area contributed by atoms with Gasteiger partial charge in [-0.15, -0.1) is 0 Å². The van der Waals surface area contributed by atoms with Gasteiger partial charge >= 0.3 is 0 Å². The molecule has 15 heavy (non-hydrogen) atoms. The lowest BCUT2D eigenvalue weighted by molar-refractivity contribution is 0.174. The number of isocyanates is 1. The van der Waals surface area contributed by atoms with E-state index in [9.17, 15) is 9.18 Å². The summed E-state index contributed by atoms with van der Waals surface area (Å²) in [4.78, 5) is 12.8. The molecule has 0 spiro atoms. The van der Waals surface area contributed by atoms with Crippen LogP contribution in [0.3, 0.4) is 0 Å². The van der Waals surface area contributed by atoms with E-state index >= 15 is 0 Å². The summed E-state index contributed by atoms with van der Waals surface area (Å²) in [5.74, 6) is 0.837. The molecule has 0 aromatic heterocycles. The highest BCUT2D eigenvalue weighted by molar-refractivity contribution is 6.31. The van der Waals surface area contributed by atoms with Gasteiger partial charge in [-0.05, 0) is 6.07 Å². The first-order chi connectivity index (χ1) is 7.22. The molecule has 0 N–H and O–H groups in total. The molecule has 1 unspecified atom stereocenters. The van der Waals surface area contributed by atoms with Crippen LogP contribution in [0.2, 0.25) is 5.02 Å². The molecule has 1 aromatic carbocycles. The number of hydrogen-bond acceptors (Lipinski definition) is 4. The van der Waals surface area contributed by atoms with Crippen molar-refractivity contribution in [3.63, 3.8) is 0 Å². The van der Waals surface area contributed by atoms with E-state index in [1.54, 1.807) is 0 Å². The third-order valence-corrected chi connectivity index (χ3v) is 2.24. The van der Waals surface area contributed by atoms with E-state index in [2.05, 4.69) is 4.99 Å². The van der Waals surface area contributed by atoms with Gasteiger partial charge in [0.15, 0.2) is 11.5 Å². The Kier molecular flexibility index (Phi) is 2.58. The molecule has 1 aliphatic rings. The molecule has 1 aromatic rings. The molecule has 1 aliphatic heterocycles. The Balaban J connectivity index is 2.44. The average molecular weight is 230 g/mol. The maximum Gasteiger partial charge on any atom is 0.238 e. The average Bonchev–Trinajstić information content (AvgIpc) is 2.63. The molecular formula is C9H5ClFNO3. The van der Waals surface area contributed by atoms with Crippen molar-refractivity contribution >= 4 is 17.7 Å². The quantitative estimate of drug-likeness (QED) is 0.444. The number of alkyl halides is 1. The second kappa shape index (κ2) is 3.88. The minimum atomic E-state index is -1.83. The summed E-state index contributed by atoms with van der Waals surface area (Å²) in [7, 11) is 0. The molecule has 0 amide bonds. The summed E-state index contributed by atoms with van der Waals surface area (Å²) in [6.07, 6.45) is -0.699. The van der Waals surface area contributed by atoms with Crippen molar-refractivity contribution in [2.24, 2.45) is 4.99 Å². The van der Waals surface area contributed by atoms with E-state index in [1.807, 2.05) is 0 Å². The fourth-order valence-corrected chi connectivity index (χ4v) is 1.47. The van der Waals surface area contributed by atoms with Crippen LogP contribution in [0.1, 0.15) is 11.9 Å². The molecule has 0 bridgehead atoms. The first kappa shape index (κ1) is 9.96. The summed E-state index contributed by atoms with van der Waals surface area (Å²) in [5.41, 5.74) is 0.0595. The number of halogens is 2. The molecule has 0 aliphatic carbocycles. The number of fused-ring (bicyclic) bond motifs is 1. The maximum atomic E-state index is 13.3. The van der Waals surface area contributed by atoms with Gasteiger partial charge in [-0.2, -0.15) is 4.99 Å². The topological polar surface area (TPSA) is 47.9 Å². The number of carbonyl (C=O) groups excluding carboxylic acids is 1. The smallest absolute Gasteiger partial charge is 0.238 e. The second-order valence-electron chi connectivity index (χ2n) is 2.78. The predicted molar refractivity (Wildman–Crippen MR) is 49.5 cm³/mol. The summed E-state index contributed by atoms with van der Waals surface area (Å²) >= 11 is 5.77.